The third-order valence-electron chi connectivity index (χ3n) is 4.00. The van der Waals surface area contributed by atoms with Gasteiger partial charge in [0, 0.05) is 24.5 Å². The summed E-state index contributed by atoms with van der Waals surface area (Å²) in [5.74, 6) is 1.16. The van der Waals surface area contributed by atoms with E-state index in [-0.39, 0.29) is 17.0 Å². The number of carbonyl (C=O) groups is 1. The SMILES string of the molecule is CC(C)CN1C(=O)CSC1c1cnccc1Oc1cccc(C(F)(F)F)c1. The molecule has 1 amide bonds. The molecule has 0 bridgehead atoms. The summed E-state index contributed by atoms with van der Waals surface area (Å²) in [5, 5.41) is -0.269. The Balaban J connectivity index is 1.90. The van der Waals surface area contributed by atoms with Crippen LogP contribution in [0.5, 0.6) is 11.5 Å². The average molecular weight is 396 g/mol. The fourth-order valence-corrected chi connectivity index (χ4v) is 4.04. The van der Waals surface area contributed by atoms with Crippen molar-refractivity contribution in [3.8, 4) is 11.5 Å². The maximum atomic E-state index is 12.9. The van der Waals surface area contributed by atoms with Crippen LogP contribution in [-0.4, -0.2) is 28.1 Å². The van der Waals surface area contributed by atoms with Gasteiger partial charge >= 0.3 is 6.18 Å². The lowest BCUT2D eigenvalue weighted by atomic mass is 10.1. The van der Waals surface area contributed by atoms with Gasteiger partial charge in [0.05, 0.1) is 11.3 Å². The van der Waals surface area contributed by atoms with Crippen molar-refractivity contribution in [1.29, 1.82) is 0 Å². The van der Waals surface area contributed by atoms with Crippen molar-refractivity contribution in [1.82, 2.24) is 9.88 Å². The van der Waals surface area contributed by atoms with Crippen molar-refractivity contribution in [3.05, 3.63) is 53.9 Å². The third-order valence-corrected chi connectivity index (χ3v) is 5.23. The second kappa shape index (κ2) is 7.80. The summed E-state index contributed by atoms with van der Waals surface area (Å²) in [7, 11) is 0. The molecule has 8 heteroatoms. The molecule has 4 nitrogen and oxygen atoms in total. The summed E-state index contributed by atoms with van der Waals surface area (Å²) >= 11 is 1.46. The first-order chi connectivity index (χ1) is 12.8. The highest BCUT2D eigenvalue weighted by molar-refractivity contribution is 8.00. The number of ether oxygens (including phenoxy) is 1. The van der Waals surface area contributed by atoms with E-state index in [1.807, 2.05) is 13.8 Å². The summed E-state index contributed by atoms with van der Waals surface area (Å²) in [6.07, 6.45) is -1.32. The second-order valence-corrected chi connectivity index (χ2v) is 7.71. The van der Waals surface area contributed by atoms with Gasteiger partial charge in [0.15, 0.2) is 0 Å². The van der Waals surface area contributed by atoms with Crippen LogP contribution in [0.4, 0.5) is 13.2 Å². The Bertz CT molecular complexity index is 827. The number of amides is 1. The first kappa shape index (κ1) is 19.5. The predicted octanol–water partition coefficient (Wildman–Crippen LogP) is 5.12. The van der Waals surface area contributed by atoms with Crippen LogP contribution in [0.15, 0.2) is 42.7 Å². The zero-order valence-electron chi connectivity index (χ0n) is 14.9. The lowest BCUT2D eigenvalue weighted by Gasteiger charge is -2.27. The Morgan fingerprint density at radius 3 is 2.81 bits per heavy atom. The summed E-state index contributed by atoms with van der Waals surface area (Å²) in [6.45, 7) is 4.64. The number of alkyl halides is 3. The Kier molecular flexibility index (Phi) is 5.64. The largest absolute Gasteiger partial charge is 0.457 e. The van der Waals surface area contributed by atoms with Gasteiger partial charge in [0.2, 0.25) is 5.91 Å². The van der Waals surface area contributed by atoms with Crippen molar-refractivity contribution in [3.63, 3.8) is 0 Å². The Morgan fingerprint density at radius 2 is 2.11 bits per heavy atom. The normalized spacial score (nSPS) is 17.6. The monoisotopic (exact) mass is 396 g/mol. The number of hydrogen-bond acceptors (Lipinski definition) is 4. The van der Waals surface area contributed by atoms with Crippen LogP contribution in [-0.2, 0) is 11.0 Å². The lowest BCUT2D eigenvalue weighted by molar-refractivity contribution is -0.137. The molecule has 3 rings (SSSR count). The van der Waals surface area contributed by atoms with Crippen molar-refractivity contribution < 1.29 is 22.7 Å². The number of nitrogens with zero attached hydrogens (tertiary/aromatic N) is 2. The summed E-state index contributed by atoms with van der Waals surface area (Å²) in [4.78, 5) is 18.1. The molecule has 144 valence electrons. The molecule has 1 unspecified atom stereocenters. The fourth-order valence-electron chi connectivity index (χ4n) is 2.84. The van der Waals surface area contributed by atoms with Gasteiger partial charge in [0.1, 0.15) is 16.9 Å². The number of pyridine rings is 1. The second-order valence-electron chi connectivity index (χ2n) is 6.64. The molecule has 0 spiro atoms. The highest BCUT2D eigenvalue weighted by atomic mass is 32.2. The third kappa shape index (κ3) is 4.55. The van der Waals surface area contributed by atoms with E-state index in [9.17, 15) is 18.0 Å². The Labute approximate surface area is 159 Å². The van der Waals surface area contributed by atoms with E-state index in [0.717, 1.165) is 12.1 Å². The minimum Gasteiger partial charge on any atom is -0.457 e. The molecule has 1 saturated heterocycles. The van der Waals surface area contributed by atoms with Gasteiger partial charge in [-0.2, -0.15) is 13.2 Å². The quantitative estimate of drug-likeness (QED) is 0.703. The minimum absolute atomic E-state index is 0.0348. The van der Waals surface area contributed by atoms with E-state index in [1.54, 1.807) is 17.2 Å². The molecular formula is C19H19F3N2O2S. The maximum Gasteiger partial charge on any atom is 0.416 e. The van der Waals surface area contributed by atoms with Crippen LogP contribution in [0.3, 0.4) is 0 Å². The van der Waals surface area contributed by atoms with Crippen LogP contribution in [0.2, 0.25) is 0 Å². The van der Waals surface area contributed by atoms with Gasteiger partial charge in [-0.15, -0.1) is 11.8 Å². The molecule has 1 aromatic heterocycles. The Morgan fingerprint density at radius 1 is 1.33 bits per heavy atom. The first-order valence-corrected chi connectivity index (χ1v) is 9.50. The van der Waals surface area contributed by atoms with Crippen molar-refractivity contribution in [2.75, 3.05) is 12.3 Å². The Hall–Kier alpha value is -2.22. The van der Waals surface area contributed by atoms with Gasteiger partial charge in [0.25, 0.3) is 0 Å². The van der Waals surface area contributed by atoms with E-state index >= 15 is 0 Å². The van der Waals surface area contributed by atoms with Crippen molar-refractivity contribution >= 4 is 17.7 Å². The molecular weight excluding hydrogens is 377 g/mol. The molecule has 0 aliphatic carbocycles. The fraction of sp³-hybridized carbons (Fsp3) is 0.368. The van der Waals surface area contributed by atoms with E-state index in [1.165, 1.54) is 30.1 Å². The van der Waals surface area contributed by atoms with Crippen LogP contribution in [0, 0.1) is 5.92 Å². The summed E-state index contributed by atoms with van der Waals surface area (Å²) in [5.41, 5.74) is -0.103. The highest BCUT2D eigenvalue weighted by Crippen LogP contribution is 2.43. The van der Waals surface area contributed by atoms with Gasteiger partial charge in [-0.1, -0.05) is 19.9 Å². The summed E-state index contributed by atoms with van der Waals surface area (Å²) < 4.78 is 44.6. The number of carbonyl (C=O) groups excluding carboxylic acids is 1. The van der Waals surface area contributed by atoms with Gasteiger partial charge in [-0.25, -0.2) is 0 Å². The molecule has 1 atom stereocenters. The molecule has 0 N–H and O–H groups in total. The first-order valence-electron chi connectivity index (χ1n) is 8.46. The van der Waals surface area contributed by atoms with E-state index in [0.29, 0.717) is 29.5 Å². The molecule has 2 heterocycles. The molecule has 1 aromatic carbocycles. The van der Waals surface area contributed by atoms with E-state index in [2.05, 4.69) is 4.98 Å². The molecule has 0 saturated carbocycles. The van der Waals surface area contributed by atoms with Gasteiger partial charge < -0.3 is 9.64 Å². The molecule has 27 heavy (non-hydrogen) atoms. The lowest BCUT2D eigenvalue weighted by Crippen LogP contribution is -2.31. The molecule has 1 fully saturated rings. The van der Waals surface area contributed by atoms with Crippen LogP contribution >= 0.6 is 11.8 Å². The standard InChI is InChI=1S/C19H19F3N2O2S/c1-12(2)10-24-17(25)11-27-18(24)15-9-23-7-6-16(15)26-14-5-3-4-13(8-14)19(20,21)22/h3-9,12,18H,10-11H2,1-2H3. The van der Waals surface area contributed by atoms with Crippen LogP contribution < -0.4 is 4.74 Å². The van der Waals surface area contributed by atoms with Crippen molar-refractivity contribution in [2.45, 2.75) is 25.4 Å². The maximum absolute atomic E-state index is 12.9. The van der Waals surface area contributed by atoms with E-state index < -0.39 is 11.7 Å². The zero-order chi connectivity index (χ0) is 19.6. The minimum atomic E-state index is -4.44. The van der Waals surface area contributed by atoms with E-state index in [4.69, 9.17) is 4.74 Å². The van der Waals surface area contributed by atoms with Crippen LogP contribution in [0.25, 0.3) is 0 Å². The number of rotatable bonds is 5. The molecule has 2 aromatic rings. The topological polar surface area (TPSA) is 42.4 Å². The smallest absolute Gasteiger partial charge is 0.416 e. The molecule has 0 radical (unpaired) electrons. The number of halogens is 3. The highest BCUT2D eigenvalue weighted by Gasteiger charge is 2.35. The molecule has 1 aliphatic heterocycles. The average Bonchev–Trinajstić information content (AvgIpc) is 2.95. The van der Waals surface area contributed by atoms with Gasteiger partial charge in [-0.3, -0.25) is 9.78 Å². The predicted molar refractivity (Wildman–Crippen MR) is 97.5 cm³/mol. The van der Waals surface area contributed by atoms with Crippen LogP contribution in [0.1, 0.15) is 30.3 Å². The zero-order valence-corrected chi connectivity index (χ0v) is 15.7. The number of hydrogen-bond donors (Lipinski definition) is 0. The molecule has 1 aliphatic rings. The van der Waals surface area contributed by atoms with Crippen molar-refractivity contribution in [2.24, 2.45) is 5.92 Å². The number of thioether (sulfide) groups is 1. The van der Waals surface area contributed by atoms with Gasteiger partial charge in [-0.05, 0) is 30.2 Å². The summed E-state index contributed by atoms with van der Waals surface area (Å²) in [6, 6.07) is 6.34. The number of aromatic nitrogens is 1. The number of benzene rings is 1.